The van der Waals surface area contributed by atoms with Crippen molar-refractivity contribution in [3.8, 4) is 5.75 Å². The second-order valence-corrected chi connectivity index (χ2v) is 5.44. The van der Waals surface area contributed by atoms with Crippen LogP contribution in [0.2, 0.25) is 0 Å². The number of phenolic OH excluding ortho intramolecular Hbond substituents is 1. The van der Waals surface area contributed by atoms with Gasteiger partial charge in [0.1, 0.15) is 5.75 Å². The van der Waals surface area contributed by atoms with E-state index in [2.05, 4.69) is 32.3 Å². The summed E-state index contributed by atoms with van der Waals surface area (Å²) in [6, 6.07) is 13.5. The molecule has 2 N–H and O–H groups in total. The molecule has 0 unspecified atom stereocenters. The van der Waals surface area contributed by atoms with Gasteiger partial charge in [0.15, 0.2) is 0 Å². The van der Waals surface area contributed by atoms with Gasteiger partial charge in [-0.1, -0.05) is 28.1 Å². The summed E-state index contributed by atoms with van der Waals surface area (Å²) >= 11 is 3.41. The lowest BCUT2D eigenvalue weighted by Gasteiger charge is -2.11. The third-order valence-electron chi connectivity index (χ3n) is 3.19. The Kier molecular flexibility index (Phi) is 3.56. The minimum Gasteiger partial charge on any atom is -0.508 e. The van der Waals surface area contributed by atoms with Crippen LogP contribution in [0.5, 0.6) is 5.75 Å². The number of aromatic nitrogens is 1. The van der Waals surface area contributed by atoms with Crippen molar-refractivity contribution in [1.82, 2.24) is 4.98 Å². The highest BCUT2D eigenvalue weighted by Gasteiger charge is 2.04. The van der Waals surface area contributed by atoms with Crippen molar-refractivity contribution in [2.75, 3.05) is 5.32 Å². The lowest BCUT2D eigenvalue weighted by Crippen LogP contribution is -2.00. The van der Waals surface area contributed by atoms with E-state index < -0.39 is 0 Å². The Bertz CT molecular complexity index is 753. The first kappa shape index (κ1) is 12.9. The molecule has 4 heteroatoms. The van der Waals surface area contributed by atoms with Gasteiger partial charge in [-0.05, 0) is 35.7 Å². The lowest BCUT2D eigenvalue weighted by molar-refractivity contribution is 0.469. The number of fused-ring (bicyclic) bond motifs is 1. The maximum absolute atomic E-state index is 9.85. The van der Waals surface area contributed by atoms with Gasteiger partial charge < -0.3 is 10.4 Å². The first-order valence-corrected chi connectivity index (χ1v) is 7.07. The smallest absolute Gasteiger partial charge is 0.120 e. The van der Waals surface area contributed by atoms with Crippen LogP contribution in [0.15, 0.2) is 59.3 Å². The zero-order chi connectivity index (χ0) is 13.9. The van der Waals surface area contributed by atoms with Crippen molar-refractivity contribution >= 4 is 32.4 Å². The standard InChI is InChI=1S/C16H13BrN2O/c17-13-4-5-16(20)12(8-13)9-19-15-3-1-2-11-6-7-18-10-14(11)15/h1-8,10,19-20H,9H2. The SMILES string of the molecule is Oc1ccc(Br)cc1CNc1cccc2ccncc12. The second-order valence-electron chi connectivity index (χ2n) is 4.53. The van der Waals surface area contributed by atoms with E-state index in [4.69, 9.17) is 0 Å². The first-order valence-electron chi connectivity index (χ1n) is 6.28. The number of benzene rings is 2. The van der Waals surface area contributed by atoms with E-state index in [0.717, 1.165) is 26.5 Å². The summed E-state index contributed by atoms with van der Waals surface area (Å²) in [7, 11) is 0. The van der Waals surface area contributed by atoms with Crippen LogP contribution in [0.3, 0.4) is 0 Å². The number of hydrogen-bond donors (Lipinski definition) is 2. The van der Waals surface area contributed by atoms with Crippen molar-refractivity contribution in [2.45, 2.75) is 6.54 Å². The molecule has 0 saturated heterocycles. The second kappa shape index (κ2) is 5.51. The summed E-state index contributed by atoms with van der Waals surface area (Å²) < 4.78 is 0.951. The summed E-state index contributed by atoms with van der Waals surface area (Å²) in [5.74, 6) is 0.291. The van der Waals surface area contributed by atoms with Gasteiger partial charge in [-0.25, -0.2) is 0 Å². The van der Waals surface area contributed by atoms with E-state index in [0.29, 0.717) is 12.3 Å². The number of pyridine rings is 1. The molecule has 0 fully saturated rings. The number of aromatic hydroxyl groups is 1. The zero-order valence-corrected chi connectivity index (χ0v) is 12.3. The molecule has 3 rings (SSSR count). The van der Waals surface area contributed by atoms with Gasteiger partial charge in [-0.15, -0.1) is 0 Å². The molecule has 0 bridgehead atoms. The Hall–Kier alpha value is -2.07. The van der Waals surface area contributed by atoms with E-state index in [-0.39, 0.29) is 0 Å². The average molecular weight is 329 g/mol. The molecule has 0 amide bonds. The molecule has 20 heavy (non-hydrogen) atoms. The predicted octanol–water partition coefficient (Wildman–Crippen LogP) is 4.32. The van der Waals surface area contributed by atoms with Crippen LogP contribution in [0.25, 0.3) is 10.8 Å². The quantitative estimate of drug-likeness (QED) is 0.752. The van der Waals surface area contributed by atoms with E-state index in [9.17, 15) is 5.11 Å². The fourth-order valence-corrected chi connectivity index (χ4v) is 2.56. The maximum Gasteiger partial charge on any atom is 0.120 e. The Labute approximate surface area is 125 Å². The molecule has 2 aromatic carbocycles. The molecule has 100 valence electrons. The zero-order valence-electron chi connectivity index (χ0n) is 10.7. The molecular weight excluding hydrogens is 316 g/mol. The number of nitrogens with one attached hydrogen (secondary N) is 1. The summed E-state index contributed by atoms with van der Waals surface area (Å²) in [5.41, 5.74) is 1.86. The van der Waals surface area contributed by atoms with Crippen LogP contribution in [0.1, 0.15) is 5.56 Å². The Balaban J connectivity index is 1.89. The topological polar surface area (TPSA) is 45.1 Å². The van der Waals surface area contributed by atoms with Crippen molar-refractivity contribution in [1.29, 1.82) is 0 Å². The van der Waals surface area contributed by atoms with Crippen LogP contribution in [0, 0.1) is 0 Å². The number of hydrogen-bond acceptors (Lipinski definition) is 3. The molecule has 1 aromatic heterocycles. The Morgan fingerprint density at radius 2 is 2.05 bits per heavy atom. The van der Waals surface area contributed by atoms with Gasteiger partial charge >= 0.3 is 0 Å². The molecule has 0 aliphatic heterocycles. The largest absolute Gasteiger partial charge is 0.508 e. The number of halogens is 1. The molecule has 0 aliphatic carbocycles. The fourth-order valence-electron chi connectivity index (χ4n) is 2.15. The fraction of sp³-hybridized carbons (Fsp3) is 0.0625. The minimum atomic E-state index is 0.291. The van der Waals surface area contributed by atoms with Crippen LogP contribution in [0.4, 0.5) is 5.69 Å². The minimum absolute atomic E-state index is 0.291. The third kappa shape index (κ3) is 2.60. The van der Waals surface area contributed by atoms with Crippen molar-refractivity contribution < 1.29 is 5.11 Å². The average Bonchev–Trinajstić information content (AvgIpc) is 2.48. The van der Waals surface area contributed by atoms with Gasteiger partial charge in [-0.2, -0.15) is 0 Å². The Morgan fingerprint density at radius 1 is 1.15 bits per heavy atom. The number of nitrogens with zero attached hydrogens (tertiary/aromatic N) is 1. The molecule has 3 nitrogen and oxygen atoms in total. The lowest BCUT2D eigenvalue weighted by atomic mass is 10.1. The molecule has 0 atom stereocenters. The number of rotatable bonds is 3. The van der Waals surface area contributed by atoms with Crippen LogP contribution < -0.4 is 5.32 Å². The molecular formula is C16H13BrN2O. The van der Waals surface area contributed by atoms with Gasteiger partial charge in [0.05, 0.1) is 0 Å². The molecule has 0 aliphatic rings. The molecule has 1 heterocycles. The summed E-state index contributed by atoms with van der Waals surface area (Å²) in [5, 5.41) is 15.4. The van der Waals surface area contributed by atoms with Crippen molar-refractivity contribution in [3.05, 3.63) is 64.9 Å². The highest BCUT2D eigenvalue weighted by atomic mass is 79.9. The Morgan fingerprint density at radius 3 is 2.95 bits per heavy atom. The van der Waals surface area contributed by atoms with Crippen LogP contribution in [-0.4, -0.2) is 10.1 Å². The first-order chi connectivity index (χ1) is 9.74. The summed E-state index contributed by atoms with van der Waals surface area (Å²) in [6.07, 6.45) is 3.63. The molecule has 3 aromatic rings. The molecule has 0 saturated carbocycles. The van der Waals surface area contributed by atoms with Gasteiger partial charge in [0, 0.05) is 40.0 Å². The van der Waals surface area contributed by atoms with Crippen molar-refractivity contribution in [3.63, 3.8) is 0 Å². The van der Waals surface area contributed by atoms with Crippen molar-refractivity contribution in [2.24, 2.45) is 0 Å². The molecule has 0 spiro atoms. The number of phenols is 1. The third-order valence-corrected chi connectivity index (χ3v) is 3.69. The van der Waals surface area contributed by atoms with E-state index in [1.165, 1.54) is 0 Å². The van der Waals surface area contributed by atoms with E-state index >= 15 is 0 Å². The summed E-state index contributed by atoms with van der Waals surface area (Å²) in [4.78, 5) is 4.16. The number of anilines is 1. The van der Waals surface area contributed by atoms with Gasteiger partial charge in [-0.3, -0.25) is 4.98 Å². The normalized spacial score (nSPS) is 10.7. The van der Waals surface area contributed by atoms with Crippen LogP contribution >= 0.6 is 15.9 Å². The van der Waals surface area contributed by atoms with Gasteiger partial charge in [0.2, 0.25) is 0 Å². The van der Waals surface area contributed by atoms with E-state index in [1.807, 2.05) is 36.5 Å². The monoisotopic (exact) mass is 328 g/mol. The van der Waals surface area contributed by atoms with E-state index in [1.54, 1.807) is 12.3 Å². The van der Waals surface area contributed by atoms with Crippen LogP contribution in [-0.2, 0) is 6.54 Å². The molecule has 0 radical (unpaired) electrons. The van der Waals surface area contributed by atoms with Gasteiger partial charge in [0.25, 0.3) is 0 Å². The highest BCUT2D eigenvalue weighted by molar-refractivity contribution is 9.10. The predicted molar refractivity (Wildman–Crippen MR) is 84.9 cm³/mol. The summed E-state index contributed by atoms with van der Waals surface area (Å²) in [6.45, 7) is 0.555. The highest BCUT2D eigenvalue weighted by Crippen LogP contribution is 2.25. The maximum atomic E-state index is 9.85.